The molecule has 3 saturated heterocycles. The number of carbonyl (C=O) groups excluding carboxylic acids is 4. The molecule has 0 bridgehead atoms. The minimum Gasteiger partial charge on any atom is -0.488 e. The normalized spacial score (nSPS) is 25.9. The molecule has 2 N–H and O–H groups in total. The number of hydrogen-bond donors (Lipinski definition) is 2. The number of imide groups is 1. The van der Waals surface area contributed by atoms with Crippen molar-refractivity contribution in [2.24, 2.45) is 11.3 Å². The first-order valence-corrected chi connectivity index (χ1v) is 21.2. The van der Waals surface area contributed by atoms with Crippen LogP contribution in [0.15, 0.2) is 48.7 Å². The van der Waals surface area contributed by atoms with E-state index >= 15 is 4.39 Å². The Labute approximate surface area is 352 Å². The van der Waals surface area contributed by atoms with E-state index in [0.717, 1.165) is 62.3 Å². The van der Waals surface area contributed by atoms with E-state index in [4.69, 9.17) is 4.74 Å². The van der Waals surface area contributed by atoms with Gasteiger partial charge < -0.3 is 24.8 Å². The van der Waals surface area contributed by atoms with Crippen LogP contribution in [0.4, 0.5) is 15.9 Å². The van der Waals surface area contributed by atoms with Crippen LogP contribution < -0.4 is 25.2 Å². The molecule has 2 aromatic heterocycles. The number of nitriles is 1. The molecule has 2 unspecified atom stereocenters. The third-order valence-electron chi connectivity index (χ3n) is 14.3. The van der Waals surface area contributed by atoms with Crippen molar-refractivity contribution in [1.29, 1.82) is 5.26 Å². The summed E-state index contributed by atoms with van der Waals surface area (Å²) in [5.41, 5.74) is 2.83. The standard InChI is InChI=1S/C45H47FN10O5/c1-44(2)42(45(3)29-10-13-48-38-26(22-47)4-7-34(37(29)38)61-43(44)45)50-39(58)31-5-8-35(52-51-31)55-14-11-25(12-15-55)23-53-16-18-54(19-17-53)33-20-27-24-56(41(60)28(27)21-30(33)46)32-6-9-36(57)49-40(32)59/h4-5,7-8,10,13,20-21,25,32,42-43H,6,9,11-12,14-19,23-24H2,1-3H3,(H,50,58)(H,49,57,59)/t32-,42?,43-,45?/m0/s1. The average molecular weight is 827 g/mol. The van der Waals surface area contributed by atoms with Gasteiger partial charge in [0.05, 0.1) is 28.2 Å². The number of nitrogens with one attached hydrogen (secondary N) is 2. The Kier molecular flexibility index (Phi) is 9.24. The fraction of sp³-hybridized carbons (Fsp3) is 0.467. The molecule has 1 saturated carbocycles. The largest absolute Gasteiger partial charge is 0.488 e. The summed E-state index contributed by atoms with van der Waals surface area (Å²) in [5.74, 6) is -0.00869. The topological polar surface area (TPSA) is 177 Å². The third-order valence-corrected chi connectivity index (χ3v) is 14.3. The van der Waals surface area contributed by atoms with Gasteiger partial charge in [0.15, 0.2) is 11.5 Å². The molecule has 10 rings (SSSR count). The molecule has 1 aliphatic carbocycles. The highest BCUT2D eigenvalue weighted by Gasteiger charge is 2.69. The summed E-state index contributed by atoms with van der Waals surface area (Å²) >= 11 is 0. The van der Waals surface area contributed by atoms with Gasteiger partial charge in [0.25, 0.3) is 11.8 Å². The van der Waals surface area contributed by atoms with Gasteiger partial charge in [-0.25, -0.2) is 4.39 Å². The molecule has 16 heteroatoms. The predicted octanol–water partition coefficient (Wildman–Crippen LogP) is 3.69. The lowest BCUT2D eigenvalue weighted by molar-refractivity contribution is -0.136. The van der Waals surface area contributed by atoms with Gasteiger partial charge >= 0.3 is 0 Å². The number of piperidine rings is 2. The highest BCUT2D eigenvalue weighted by atomic mass is 19.1. The van der Waals surface area contributed by atoms with E-state index in [0.29, 0.717) is 47.1 Å². The average Bonchev–Trinajstić information content (AvgIpc) is 3.58. The summed E-state index contributed by atoms with van der Waals surface area (Å²) in [6.07, 6.45) is 3.93. The van der Waals surface area contributed by atoms with Gasteiger partial charge in [-0.3, -0.25) is 34.4 Å². The smallest absolute Gasteiger partial charge is 0.272 e. The van der Waals surface area contributed by atoms with E-state index < -0.39 is 28.6 Å². The van der Waals surface area contributed by atoms with Crippen molar-refractivity contribution < 1.29 is 28.3 Å². The lowest BCUT2D eigenvalue weighted by Gasteiger charge is -2.66. The summed E-state index contributed by atoms with van der Waals surface area (Å²) < 4.78 is 22.0. The summed E-state index contributed by atoms with van der Waals surface area (Å²) in [7, 11) is 0. The molecule has 4 amide bonds. The van der Waals surface area contributed by atoms with Crippen molar-refractivity contribution in [3.05, 3.63) is 82.4 Å². The number of piperazine rings is 1. The van der Waals surface area contributed by atoms with E-state index in [1.807, 2.05) is 23.1 Å². The van der Waals surface area contributed by atoms with Gasteiger partial charge in [0, 0.05) is 81.3 Å². The molecule has 314 valence electrons. The van der Waals surface area contributed by atoms with Crippen molar-refractivity contribution in [3.63, 3.8) is 0 Å². The zero-order chi connectivity index (χ0) is 42.4. The predicted molar refractivity (Wildman–Crippen MR) is 221 cm³/mol. The maximum atomic E-state index is 15.5. The van der Waals surface area contributed by atoms with Crippen LogP contribution in [0.2, 0.25) is 0 Å². The van der Waals surface area contributed by atoms with Crippen LogP contribution in [0, 0.1) is 28.5 Å². The first-order chi connectivity index (χ1) is 29.3. The van der Waals surface area contributed by atoms with E-state index in [-0.39, 0.29) is 60.5 Å². The van der Waals surface area contributed by atoms with Gasteiger partial charge in [-0.15, -0.1) is 10.2 Å². The third kappa shape index (κ3) is 6.26. The summed E-state index contributed by atoms with van der Waals surface area (Å²) in [6, 6.07) is 13.4. The monoisotopic (exact) mass is 826 g/mol. The number of benzene rings is 2. The van der Waals surface area contributed by atoms with Crippen molar-refractivity contribution in [2.75, 3.05) is 55.6 Å². The highest BCUT2D eigenvalue weighted by molar-refractivity contribution is 6.05. The zero-order valence-electron chi connectivity index (χ0n) is 34.4. The molecule has 0 radical (unpaired) electrons. The van der Waals surface area contributed by atoms with Crippen LogP contribution in [0.5, 0.6) is 5.75 Å². The lowest BCUT2D eigenvalue weighted by atomic mass is 9.45. The number of amides is 4. The maximum absolute atomic E-state index is 15.5. The zero-order valence-corrected chi connectivity index (χ0v) is 34.4. The Morgan fingerprint density at radius 1 is 0.984 bits per heavy atom. The maximum Gasteiger partial charge on any atom is 0.272 e. The van der Waals surface area contributed by atoms with E-state index in [1.165, 1.54) is 11.0 Å². The van der Waals surface area contributed by atoms with Crippen LogP contribution in [0.3, 0.4) is 0 Å². The van der Waals surface area contributed by atoms with Gasteiger partial charge in [-0.2, -0.15) is 5.26 Å². The first kappa shape index (κ1) is 39.0. The van der Waals surface area contributed by atoms with Crippen LogP contribution in [-0.2, 0) is 21.5 Å². The highest BCUT2D eigenvalue weighted by Crippen LogP contribution is 2.61. The fourth-order valence-corrected chi connectivity index (χ4v) is 11.2. The van der Waals surface area contributed by atoms with Crippen LogP contribution >= 0.6 is 0 Å². The molecular formula is C45H47FN10O5. The van der Waals surface area contributed by atoms with Gasteiger partial charge in [-0.1, -0.05) is 13.8 Å². The molecule has 4 aromatic rings. The molecule has 61 heavy (non-hydrogen) atoms. The second-order valence-electron chi connectivity index (χ2n) is 18.2. The lowest BCUT2D eigenvalue weighted by Crippen LogP contribution is -2.78. The van der Waals surface area contributed by atoms with Crippen molar-refractivity contribution in [2.45, 2.75) is 76.6 Å². The number of aromatic nitrogens is 3. The Morgan fingerprint density at radius 3 is 2.49 bits per heavy atom. The Morgan fingerprint density at radius 2 is 1.77 bits per heavy atom. The number of rotatable bonds is 7. The summed E-state index contributed by atoms with van der Waals surface area (Å²) in [6.45, 7) is 12.0. The number of carbonyl (C=O) groups is 4. The second kappa shape index (κ2) is 14.5. The Balaban J connectivity index is 0.720. The Bertz CT molecular complexity index is 2550. The summed E-state index contributed by atoms with van der Waals surface area (Å²) in [4.78, 5) is 63.6. The molecular weight excluding hydrogens is 780 g/mol. The molecule has 15 nitrogen and oxygen atoms in total. The van der Waals surface area contributed by atoms with Crippen LogP contribution in [-0.4, -0.2) is 113 Å². The number of nitrogens with zero attached hydrogens (tertiary/aromatic N) is 8. The molecule has 6 aliphatic rings. The van der Waals surface area contributed by atoms with Crippen LogP contribution in [0.25, 0.3) is 10.9 Å². The fourth-order valence-electron chi connectivity index (χ4n) is 11.2. The van der Waals surface area contributed by atoms with E-state index in [2.05, 4.69) is 62.5 Å². The number of hydrogen-bond acceptors (Lipinski definition) is 12. The first-order valence-electron chi connectivity index (χ1n) is 21.2. The number of halogens is 1. The molecule has 4 atom stereocenters. The van der Waals surface area contributed by atoms with Gasteiger partial charge in [-0.05, 0) is 85.7 Å². The number of anilines is 2. The molecule has 5 aliphatic heterocycles. The SMILES string of the molecule is CC1(C)C(NC(=O)c2ccc(N3CCC(CN4CCN(c5cc6c(cc5F)C(=O)N([C@H]5CCC(=O)NC5=O)C6)CC4)CC3)nn2)C2(C)c3ccnc4c(C#N)ccc(c34)O[C@@H]12. The van der Waals surface area contributed by atoms with Gasteiger partial charge in [0.1, 0.15) is 29.8 Å². The van der Waals surface area contributed by atoms with Crippen LogP contribution in [0.1, 0.15) is 84.0 Å². The Hall–Kier alpha value is -6.21. The van der Waals surface area contributed by atoms with E-state index in [9.17, 15) is 24.4 Å². The van der Waals surface area contributed by atoms with Gasteiger partial charge in [0.2, 0.25) is 11.8 Å². The molecule has 0 spiro atoms. The molecule has 7 heterocycles. The van der Waals surface area contributed by atoms with E-state index in [1.54, 1.807) is 24.4 Å². The number of ether oxygens (including phenoxy) is 1. The summed E-state index contributed by atoms with van der Waals surface area (Å²) in [5, 5.41) is 25.0. The minimum atomic E-state index is -0.737. The van der Waals surface area contributed by atoms with Crippen molar-refractivity contribution in [1.82, 2.24) is 35.6 Å². The number of pyridine rings is 1. The molecule has 4 fully saturated rings. The van der Waals surface area contributed by atoms with Crippen molar-refractivity contribution >= 4 is 46.0 Å². The second-order valence-corrected chi connectivity index (χ2v) is 18.2. The van der Waals surface area contributed by atoms with Crippen molar-refractivity contribution in [3.8, 4) is 11.8 Å². The number of fused-ring (bicyclic) bond motifs is 3. The molecule has 2 aromatic carbocycles. The quantitative estimate of drug-likeness (QED) is 0.259. The minimum absolute atomic E-state index is 0.169.